The molecule has 0 radical (unpaired) electrons. The van der Waals surface area contributed by atoms with Gasteiger partial charge in [-0.3, -0.25) is 0 Å². The highest BCUT2D eigenvalue weighted by atomic mass is 16.6. The summed E-state index contributed by atoms with van der Waals surface area (Å²) in [7, 11) is 3.12. The van der Waals surface area contributed by atoms with Crippen molar-refractivity contribution in [1.29, 1.82) is 0 Å². The normalized spacial score (nSPS) is 16.4. The smallest absolute Gasteiger partial charge is 0.119 e. The molecule has 1 saturated heterocycles. The van der Waals surface area contributed by atoms with Crippen molar-refractivity contribution in [2.24, 2.45) is 11.8 Å². The number of methoxy groups -OCH3 is 1. The third-order valence-electron chi connectivity index (χ3n) is 6.16. The molecule has 0 aliphatic carbocycles. The van der Waals surface area contributed by atoms with Gasteiger partial charge in [0, 0.05) is 13.1 Å². The van der Waals surface area contributed by atoms with Crippen molar-refractivity contribution in [3.05, 3.63) is 77.4 Å². The van der Waals surface area contributed by atoms with Crippen molar-refractivity contribution in [1.82, 2.24) is 4.90 Å². The summed E-state index contributed by atoms with van der Waals surface area (Å²) in [6.07, 6.45) is 4.85. The van der Waals surface area contributed by atoms with Crippen LogP contribution in [0, 0.1) is 5.92 Å². The van der Waals surface area contributed by atoms with Crippen LogP contribution in [-0.4, -0.2) is 43.9 Å². The summed E-state index contributed by atoms with van der Waals surface area (Å²) in [5.41, 5.74) is 3.78. The minimum Gasteiger partial charge on any atom is -0.497 e. The molecular formula is C27H36N2O3. The lowest BCUT2D eigenvalue weighted by molar-refractivity contribution is 0.176. The van der Waals surface area contributed by atoms with E-state index in [9.17, 15) is 5.11 Å². The van der Waals surface area contributed by atoms with Crippen molar-refractivity contribution >= 4 is 10.8 Å². The van der Waals surface area contributed by atoms with Gasteiger partial charge in [-0.15, -0.1) is 0 Å². The summed E-state index contributed by atoms with van der Waals surface area (Å²) in [5.74, 6) is 6.00. The SMILES string of the molecule is CON.COc1ccc2cc(CC3CCCN(CCc4ccc(CO)cc4)C3)ccc2c1. The Bertz CT molecular complexity index is 959. The summed E-state index contributed by atoms with van der Waals surface area (Å²) in [6, 6.07) is 21.5. The molecule has 0 bridgehead atoms. The van der Waals surface area contributed by atoms with Crippen LogP contribution < -0.4 is 10.6 Å². The molecule has 5 heteroatoms. The molecular weight excluding hydrogens is 400 g/mol. The molecule has 0 amide bonds. The number of benzene rings is 3. The topological polar surface area (TPSA) is 68.0 Å². The first-order valence-electron chi connectivity index (χ1n) is 11.4. The molecule has 0 saturated carbocycles. The van der Waals surface area contributed by atoms with Crippen LogP contribution in [0.5, 0.6) is 5.75 Å². The molecule has 1 aliphatic rings. The van der Waals surface area contributed by atoms with Gasteiger partial charge in [-0.25, -0.2) is 5.90 Å². The highest BCUT2D eigenvalue weighted by Gasteiger charge is 2.20. The Morgan fingerprint density at radius 1 is 0.938 bits per heavy atom. The number of hydrogen-bond donors (Lipinski definition) is 2. The second-order valence-electron chi connectivity index (χ2n) is 8.52. The Morgan fingerprint density at radius 3 is 2.31 bits per heavy atom. The van der Waals surface area contributed by atoms with E-state index >= 15 is 0 Å². The van der Waals surface area contributed by atoms with Crippen LogP contribution in [-0.2, 0) is 24.3 Å². The molecule has 1 heterocycles. The second-order valence-corrected chi connectivity index (χ2v) is 8.52. The minimum atomic E-state index is 0.121. The monoisotopic (exact) mass is 436 g/mol. The molecule has 3 aromatic carbocycles. The van der Waals surface area contributed by atoms with E-state index in [2.05, 4.69) is 58.1 Å². The van der Waals surface area contributed by atoms with E-state index in [-0.39, 0.29) is 6.61 Å². The third-order valence-corrected chi connectivity index (χ3v) is 6.16. The number of ether oxygens (including phenoxy) is 1. The van der Waals surface area contributed by atoms with Gasteiger partial charge in [0.2, 0.25) is 0 Å². The average Bonchev–Trinajstić information content (AvgIpc) is 2.83. The van der Waals surface area contributed by atoms with Gasteiger partial charge in [0.1, 0.15) is 5.75 Å². The van der Waals surface area contributed by atoms with Crippen LogP contribution in [0.3, 0.4) is 0 Å². The zero-order valence-corrected chi connectivity index (χ0v) is 19.3. The fraction of sp³-hybridized carbons (Fsp3) is 0.407. The highest BCUT2D eigenvalue weighted by Crippen LogP contribution is 2.25. The van der Waals surface area contributed by atoms with E-state index in [4.69, 9.17) is 4.74 Å². The Balaban J connectivity index is 0.000000913. The lowest BCUT2D eigenvalue weighted by Gasteiger charge is -2.33. The van der Waals surface area contributed by atoms with Crippen LogP contribution in [0.15, 0.2) is 60.7 Å². The van der Waals surface area contributed by atoms with E-state index in [0.717, 1.165) is 36.6 Å². The minimum absolute atomic E-state index is 0.121. The quantitative estimate of drug-likeness (QED) is 0.539. The van der Waals surface area contributed by atoms with Gasteiger partial charge in [0.15, 0.2) is 0 Å². The number of fused-ring (bicyclic) bond motifs is 1. The first-order valence-corrected chi connectivity index (χ1v) is 11.4. The van der Waals surface area contributed by atoms with Gasteiger partial charge in [-0.2, -0.15) is 0 Å². The number of aliphatic hydroxyl groups excluding tert-OH is 1. The summed E-state index contributed by atoms with van der Waals surface area (Å²) >= 11 is 0. The summed E-state index contributed by atoms with van der Waals surface area (Å²) in [5, 5.41) is 11.7. The zero-order valence-electron chi connectivity index (χ0n) is 19.3. The number of nitrogens with two attached hydrogens (primary N) is 1. The maximum Gasteiger partial charge on any atom is 0.119 e. The molecule has 0 spiro atoms. The van der Waals surface area contributed by atoms with Gasteiger partial charge < -0.3 is 19.6 Å². The van der Waals surface area contributed by atoms with E-state index in [1.165, 1.54) is 54.9 Å². The van der Waals surface area contributed by atoms with Crippen molar-refractivity contribution in [3.8, 4) is 5.75 Å². The number of piperidine rings is 1. The van der Waals surface area contributed by atoms with Crippen molar-refractivity contribution < 1.29 is 14.7 Å². The summed E-state index contributed by atoms with van der Waals surface area (Å²) in [6.45, 7) is 3.64. The van der Waals surface area contributed by atoms with Gasteiger partial charge >= 0.3 is 0 Å². The largest absolute Gasteiger partial charge is 0.497 e. The Labute approximate surface area is 191 Å². The maximum atomic E-state index is 9.18. The van der Waals surface area contributed by atoms with Gasteiger partial charge in [-0.05, 0) is 77.7 Å². The number of likely N-dealkylation sites (tertiary alicyclic amines) is 1. The molecule has 1 fully saturated rings. The molecule has 1 atom stereocenters. The van der Waals surface area contributed by atoms with Crippen molar-refractivity contribution in [2.45, 2.75) is 32.3 Å². The molecule has 5 nitrogen and oxygen atoms in total. The first kappa shape index (κ1) is 24.2. The fourth-order valence-corrected chi connectivity index (χ4v) is 4.48. The van der Waals surface area contributed by atoms with E-state index in [1.807, 2.05) is 18.2 Å². The molecule has 1 unspecified atom stereocenters. The van der Waals surface area contributed by atoms with Crippen molar-refractivity contribution in [3.63, 3.8) is 0 Å². The summed E-state index contributed by atoms with van der Waals surface area (Å²) < 4.78 is 5.34. The predicted octanol–water partition coefficient (Wildman–Crippen LogP) is 4.34. The predicted molar refractivity (Wildman–Crippen MR) is 131 cm³/mol. The standard InChI is InChI=1S/C26H31NO2.CH5NO/c1-29-26-11-10-24-16-22(8-9-25(24)17-26)15-23-3-2-13-27(18-23)14-12-20-4-6-21(19-28)7-5-20;1-3-2/h4-11,16-17,23,28H,2-3,12-15,18-19H2,1H3;2H2,1H3. The maximum absolute atomic E-state index is 9.18. The number of hydrogen-bond acceptors (Lipinski definition) is 5. The van der Waals surface area contributed by atoms with Crippen LogP contribution >= 0.6 is 0 Å². The first-order chi connectivity index (χ1) is 15.6. The fourth-order valence-electron chi connectivity index (χ4n) is 4.48. The van der Waals surface area contributed by atoms with E-state index in [1.54, 1.807) is 7.11 Å². The Hall–Kier alpha value is -2.44. The van der Waals surface area contributed by atoms with Gasteiger partial charge in [-0.1, -0.05) is 48.5 Å². The molecule has 3 N–H and O–H groups in total. The van der Waals surface area contributed by atoms with E-state index < -0.39 is 0 Å². The molecule has 32 heavy (non-hydrogen) atoms. The van der Waals surface area contributed by atoms with Gasteiger partial charge in [0.25, 0.3) is 0 Å². The van der Waals surface area contributed by atoms with Gasteiger partial charge in [0.05, 0.1) is 20.8 Å². The molecule has 172 valence electrons. The number of nitrogens with zero attached hydrogens (tertiary/aromatic N) is 1. The molecule has 3 aromatic rings. The van der Waals surface area contributed by atoms with Crippen LogP contribution in [0.2, 0.25) is 0 Å². The zero-order chi connectivity index (χ0) is 22.8. The highest BCUT2D eigenvalue weighted by molar-refractivity contribution is 5.84. The van der Waals surface area contributed by atoms with Crippen LogP contribution in [0.4, 0.5) is 0 Å². The summed E-state index contributed by atoms with van der Waals surface area (Å²) in [4.78, 5) is 6.38. The third kappa shape index (κ3) is 7.04. The molecule has 0 aromatic heterocycles. The number of rotatable bonds is 7. The molecule has 4 rings (SSSR count). The lowest BCUT2D eigenvalue weighted by Crippen LogP contribution is -2.37. The lowest BCUT2D eigenvalue weighted by atomic mass is 9.90. The molecule has 1 aliphatic heterocycles. The second kappa shape index (κ2) is 12.6. The Kier molecular flexibility index (Phi) is 9.50. The van der Waals surface area contributed by atoms with Crippen LogP contribution in [0.1, 0.15) is 29.5 Å². The van der Waals surface area contributed by atoms with Crippen LogP contribution in [0.25, 0.3) is 10.8 Å². The average molecular weight is 437 g/mol. The van der Waals surface area contributed by atoms with Crippen molar-refractivity contribution in [2.75, 3.05) is 33.9 Å². The van der Waals surface area contributed by atoms with E-state index in [0.29, 0.717) is 0 Å². The number of aliphatic hydroxyl groups is 1. The Morgan fingerprint density at radius 2 is 1.59 bits per heavy atom.